The Labute approximate surface area is 221 Å². The average Bonchev–Trinajstić information content (AvgIpc) is 2.94. The van der Waals surface area contributed by atoms with Crippen LogP contribution < -0.4 is 9.47 Å². The molecule has 9 nitrogen and oxygen atoms in total. The maximum Gasteiger partial charge on any atom is 0.233 e. The van der Waals surface area contributed by atoms with Gasteiger partial charge in [0, 0.05) is 29.7 Å². The molecule has 0 aliphatic heterocycles. The zero-order valence-corrected chi connectivity index (χ0v) is 21.1. The summed E-state index contributed by atoms with van der Waals surface area (Å²) >= 11 is 0. The highest BCUT2D eigenvalue weighted by atomic mass is 16.5. The average molecular weight is 527 g/mol. The number of Topliss-reactive ketones (excluding diaryl/α,β-unsaturated/α-hetero) is 1. The monoisotopic (exact) mass is 526 g/mol. The molecular formula is C29H34O9. The van der Waals surface area contributed by atoms with Crippen LogP contribution in [0.1, 0.15) is 48.0 Å². The lowest BCUT2D eigenvalue weighted by atomic mass is 9.81. The van der Waals surface area contributed by atoms with E-state index in [9.17, 15) is 30.0 Å². The van der Waals surface area contributed by atoms with E-state index >= 15 is 0 Å². The number of hydrogen-bond acceptors (Lipinski definition) is 9. The van der Waals surface area contributed by atoms with Gasteiger partial charge in [-0.2, -0.15) is 0 Å². The first-order chi connectivity index (χ1) is 18.4. The number of hydrogen-bond donors (Lipinski definition) is 4. The van der Waals surface area contributed by atoms with Crippen LogP contribution in [0.15, 0.2) is 54.6 Å². The van der Waals surface area contributed by atoms with Gasteiger partial charge in [-0.15, -0.1) is 0 Å². The second-order valence-corrected chi connectivity index (χ2v) is 9.64. The van der Waals surface area contributed by atoms with Gasteiger partial charge in [0.05, 0.1) is 19.3 Å². The number of rotatable bonds is 12. The summed E-state index contributed by atoms with van der Waals surface area (Å²) < 4.78 is 17.4. The maximum atomic E-state index is 12.0. The summed E-state index contributed by atoms with van der Waals surface area (Å²) in [6, 6.07) is 13.9. The summed E-state index contributed by atoms with van der Waals surface area (Å²) in [4.78, 5) is 23.9. The maximum absolute atomic E-state index is 12.0. The minimum absolute atomic E-state index is 0.224. The SMILES string of the molecule is O=C1C=C(OCCCCCCOc2ccc(OC3CC(CO)C(O)C(O)C3O)cc2)c2ccccc2C1=O. The highest BCUT2D eigenvalue weighted by Gasteiger charge is 2.43. The molecule has 0 heterocycles. The van der Waals surface area contributed by atoms with Gasteiger partial charge in [0.1, 0.15) is 35.6 Å². The molecule has 0 bridgehead atoms. The Balaban J connectivity index is 1.12. The fraction of sp³-hybridized carbons (Fsp3) is 0.448. The molecule has 2 aromatic carbocycles. The number of fused-ring (bicyclic) bond motifs is 1. The first kappa shape index (κ1) is 27.8. The van der Waals surface area contributed by atoms with Crippen LogP contribution in [0.5, 0.6) is 11.5 Å². The zero-order valence-electron chi connectivity index (χ0n) is 21.1. The van der Waals surface area contributed by atoms with E-state index in [4.69, 9.17) is 14.2 Å². The molecule has 0 radical (unpaired) electrons. The van der Waals surface area contributed by atoms with Crippen molar-refractivity contribution in [2.24, 2.45) is 5.92 Å². The van der Waals surface area contributed by atoms with Crippen LogP contribution in [-0.2, 0) is 9.53 Å². The Kier molecular flexibility index (Phi) is 9.52. The number of carbonyl (C=O) groups is 2. The molecule has 5 unspecified atom stereocenters. The third-order valence-electron chi connectivity index (χ3n) is 6.93. The van der Waals surface area contributed by atoms with E-state index < -0.39 is 41.9 Å². The van der Waals surface area contributed by atoms with Gasteiger partial charge in [0.15, 0.2) is 0 Å². The molecule has 5 atom stereocenters. The van der Waals surface area contributed by atoms with E-state index in [0.717, 1.165) is 25.7 Å². The van der Waals surface area contributed by atoms with Crippen molar-refractivity contribution in [3.05, 3.63) is 65.7 Å². The Hall–Kier alpha value is -3.24. The van der Waals surface area contributed by atoms with E-state index in [-0.39, 0.29) is 13.0 Å². The first-order valence-corrected chi connectivity index (χ1v) is 13.0. The lowest BCUT2D eigenvalue weighted by Crippen LogP contribution is -2.56. The number of aliphatic hydroxyl groups is 4. The molecule has 0 amide bonds. The van der Waals surface area contributed by atoms with Crippen LogP contribution >= 0.6 is 0 Å². The van der Waals surface area contributed by atoms with Gasteiger partial charge in [-0.3, -0.25) is 9.59 Å². The molecule has 4 rings (SSSR count). The lowest BCUT2D eigenvalue weighted by Gasteiger charge is -2.39. The molecule has 0 aromatic heterocycles. The topological polar surface area (TPSA) is 143 Å². The molecule has 1 saturated carbocycles. The molecule has 1 fully saturated rings. The van der Waals surface area contributed by atoms with E-state index in [1.807, 2.05) is 6.07 Å². The van der Waals surface area contributed by atoms with Gasteiger partial charge in [0.25, 0.3) is 0 Å². The molecule has 0 saturated heterocycles. The molecular weight excluding hydrogens is 492 g/mol. The van der Waals surface area contributed by atoms with Crippen molar-refractivity contribution in [3.63, 3.8) is 0 Å². The standard InChI is InChI=1S/C29H34O9/c30-17-18-15-25(28(34)29(35)26(18)32)38-20-11-9-19(10-12-20)36-13-5-1-2-6-14-37-24-16-23(31)27(33)22-8-4-3-7-21(22)24/h3-4,7-12,16,18,25-26,28-30,32,34-35H,1-2,5-6,13-15,17H2. The van der Waals surface area contributed by atoms with Crippen molar-refractivity contribution in [2.75, 3.05) is 19.8 Å². The minimum atomic E-state index is -1.38. The number of ether oxygens (including phenoxy) is 3. The molecule has 2 aliphatic carbocycles. The van der Waals surface area contributed by atoms with Crippen molar-refractivity contribution >= 4 is 17.3 Å². The van der Waals surface area contributed by atoms with Crippen LogP contribution in [0, 0.1) is 5.92 Å². The van der Waals surface area contributed by atoms with Gasteiger partial charge in [-0.25, -0.2) is 0 Å². The highest BCUT2D eigenvalue weighted by Crippen LogP contribution is 2.30. The Morgan fingerprint density at radius 3 is 2.05 bits per heavy atom. The van der Waals surface area contributed by atoms with Crippen molar-refractivity contribution in [2.45, 2.75) is 56.5 Å². The van der Waals surface area contributed by atoms with Gasteiger partial charge in [0.2, 0.25) is 11.6 Å². The summed E-state index contributed by atoms with van der Waals surface area (Å²) in [5.41, 5.74) is 1.04. The summed E-state index contributed by atoms with van der Waals surface area (Å²) in [5.74, 6) is -0.0190. The largest absolute Gasteiger partial charge is 0.494 e. The van der Waals surface area contributed by atoms with Crippen molar-refractivity contribution in [3.8, 4) is 11.5 Å². The van der Waals surface area contributed by atoms with E-state index in [1.165, 1.54) is 6.08 Å². The summed E-state index contributed by atoms with van der Waals surface area (Å²) in [5, 5.41) is 39.5. The Bertz CT molecular complexity index is 1130. The van der Waals surface area contributed by atoms with Crippen LogP contribution in [0.25, 0.3) is 5.76 Å². The highest BCUT2D eigenvalue weighted by molar-refractivity contribution is 6.50. The molecule has 4 N–H and O–H groups in total. The minimum Gasteiger partial charge on any atom is -0.494 e. The third kappa shape index (κ3) is 6.60. The van der Waals surface area contributed by atoms with Gasteiger partial charge in [-0.05, 0) is 56.4 Å². The number of unbranched alkanes of at least 4 members (excludes halogenated alkanes) is 3. The quantitative estimate of drug-likeness (QED) is 0.242. The van der Waals surface area contributed by atoms with E-state index in [0.29, 0.717) is 41.6 Å². The first-order valence-electron chi connectivity index (χ1n) is 13.0. The number of ketones is 2. The number of allylic oxidation sites excluding steroid dienone is 1. The Morgan fingerprint density at radius 1 is 0.737 bits per heavy atom. The summed E-state index contributed by atoms with van der Waals surface area (Å²) in [7, 11) is 0. The van der Waals surface area contributed by atoms with Gasteiger partial charge >= 0.3 is 0 Å². The van der Waals surface area contributed by atoms with E-state index in [1.54, 1.807) is 42.5 Å². The molecule has 9 heteroatoms. The lowest BCUT2D eigenvalue weighted by molar-refractivity contribution is -0.156. The fourth-order valence-electron chi connectivity index (χ4n) is 4.71. The molecule has 0 spiro atoms. The smallest absolute Gasteiger partial charge is 0.233 e. The zero-order chi connectivity index (χ0) is 27.1. The molecule has 2 aromatic rings. The third-order valence-corrected chi connectivity index (χ3v) is 6.93. The normalized spacial score (nSPS) is 24.9. The van der Waals surface area contributed by atoms with Crippen LogP contribution in [0.2, 0.25) is 0 Å². The van der Waals surface area contributed by atoms with Crippen LogP contribution in [-0.4, -0.2) is 76.2 Å². The number of aliphatic hydroxyl groups excluding tert-OH is 4. The Morgan fingerprint density at radius 2 is 1.37 bits per heavy atom. The predicted molar refractivity (Wildman–Crippen MR) is 138 cm³/mol. The summed E-state index contributed by atoms with van der Waals surface area (Å²) in [6.45, 7) is 0.689. The molecule has 204 valence electrons. The van der Waals surface area contributed by atoms with Crippen LogP contribution in [0.4, 0.5) is 0 Å². The fourth-order valence-corrected chi connectivity index (χ4v) is 4.71. The van der Waals surface area contributed by atoms with Gasteiger partial charge < -0.3 is 34.6 Å². The van der Waals surface area contributed by atoms with E-state index in [2.05, 4.69) is 0 Å². The second-order valence-electron chi connectivity index (χ2n) is 9.64. The van der Waals surface area contributed by atoms with Crippen molar-refractivity contribution in [1.29, 1.82) is 0 Å². The number of benzene rings is 2. The molecule has 2 aliphatic rings. The number of carbonyl (C=O) groups excluding carboxylic acids is 2. The van der Waals surface area contributed by atoms with Crippen molar-refractivity contribution < 1.29 is 44.2 Å². The predicted octanol–water partition coefficient (Wildman–Crippen LogP) is 2.29. The second kappa shape index (κ2) is 13.0. The van der Waals surface area contributed by atoms with Crippen LogP contribution in [0.3, 0.4) is 0 Å². The van der Waals surface area contributed by atoms with Gasteiger partial charge in [-0.1, -0.05) is 24.3 Å². The summed E-state index contributed by atoms with van der Waals surface area (Å²) in [6.07, 6.45) is 0.460. The molecule has 38 heavy (non-hydrogen) atoms. The van der Waals surface area contributed by atoms with Crippen molar-refractivity contribution in [1.82, 2.24) is 0 Å².